The molecule has 0 aliphatic carbocycles. The van der Waals surface area contributed by atoms with Crippen LogP contribution in [0.15, 0.2) is 18.2 Å². The lowest BCUT2D eigenvalue weighted by molar-refractivity contribution is -0.144. The molecule has 2 N–H and O–H groups in total. The van der Waals surface area contributed by atoms with Gasteiger partial charge in [0.15, 0.2) is 5.75 Å². The molecule has 1 aliphatic heterocycles. The van der Waals surface area contributed by atoms with Crippen LogP contribution < -0.4 is 10.5 Å². The topological polar surface area (TPSA) is 81.9 Å². The molecule has 1 atom stereocenters. The number of amides is 1. The van der Waals surface area contributed by atoms with Crippen LogP contribution in [0.5, 0.6) is 5.75 Å². The molecule has 0 aromatic heterocycles. The van der Waals surface area contributed by atoms with Crippen molar-refractivity contribution in [2.75, 3.05) is 33.0 Å². The summed E-state index contributed by atoms with van der Waals surface area (Å²) in [6.07, 6.45) is 0.614. The van der Waals surface area contributed by atoms with E-state index in [1.165, 1.54) is 14.2 Å². The maximum atomic E-state index is 12.5. The summed E-state index contributed by atoms with van der Waals surface area (Å²) in [4.78, 5) is 25.6. The van der Waals surface area contributed by atoms with E-state index in [0.717, 1.165) is 0 Å². The minimum absolute atomic E-state index is 0.180. The Morgan fingerprint density at radius 3 is 2.75 bits per heavy atom. The smallest absolute Gasteiger partial charge is 0.310 e. The molecule has 108 valence electrons. The van der Waals surface area contributed by atoms with Crippen molar-refractivity contribution in [1.29, 1.82) is 0 Å². The molecule has 1 aromatic carbocycles. The molecule has 1 fully saturated rings. The van der Waals surface area contributed by atoms with Gasteiger partial charge in [-0.25, -0.2) is 0 Å². The van der Waals surface area contributed by atoms with Crippen LogP contribution in [0, 0.1) is 5.92 Å². The summed E-state index contributed by atoms with van der Waals surface area (Å²) in [6, 6.07) is 5.05. The lowest BCUT2D eigenvalue weighted by atomic mass is 10.1. The molecule has 1 amide bonds. The van der Waals surface area contributed by atoms with Crippen molar-refractivity contribution < 1.29 is 19.1 Å². The number of likely N-dealkylation sites (tertiary alicyclic amines) is 1. The molecule has 0 bridgehead atoms. The van der Waals surface area contributed by atoms with Gasteiger partial charge in [-0.3, -0.25) is 9.59 Å². The fourth-order valence-corrected chi connectivity index (χ4v) is 2.43. The van der Waals surface area contributed by atoms with Crippen molar-refractivity contribution in [3.63, 3.8) is 0 Å². The summed E-state index contributed by atoms with van der Waals surface area (Å²) in [6.45, 7) is 0.889. The zero-order valence-corrected chi connectivity index (χ0v) is 11.6. The standard InChI is InChI=1S/C14H18N2O4/c1-19-12-10(4-3-5-11(12)15)13(17)16-7-6-9(8-16)14(18)20-2/h3-5,9H,6-8,15H2,1-2H3. The third-order valence-corrected chi connectivity index (χ3v) is 3.49. The Bertz CT molecular complexity index is 530. The molecule has 1 heterocycles. The predicted molar refractivity (Wildman–Crippen MR) is 73.4 cm³/mol. The Morgan fingerprint density at radius 2 is 2.10 bits per heavy atom. The van der Waals surface area contributed by atoms with Gasteiger partial charge in [0.25, 0.3) is 5.91 Å². The van der Waals surface area contributed by atoms with E-state index in [4.69, 9.17) is 15.2 Å². The van der Waals surface area contributed by atoms with Gasteiger partial charge < -0.3 is 20.1 Å². The summed E-state index contributed by atoms with van der Waals surface area (Å²) in [5.41, 5.74) is 6.63. The van der Waals surface area contributed by atoms with Crippen LogP contribution in [0.2, 0.25) is 0 Å². The highest BCUT2D eigenvalue weighted by Crippen LogP contribution is 2.29. The fraction of sp³-hybridized carbons (Fsp3) is 0.429. The number of anilines is 1. The van der Waals surface area contributed by atoms with Gasteiger partial charge >= 0.3 is 5.97 Å². The monoisotopic (exact) mass is 278 g/mol. The number of esters is 1. The molecule has 0 radical (unpaired) electrons. The second-order valence-corrected chi connectivity index (χ2v) is 4.69. The van der Waals surface area contributed by atoms with E-state index < -0.39 is 0 Å². The number of methoxy groups -OCH3 is 2. The molecular weight excluding hydrogens is 260 g/mol. The van der Waals surface area contributed by atoms with E-state index in [1.807, 2.05) is 0 Å². The Kier molecular flexibility index (Phi) is 4.12. The summed E-state index contributed by atoms with van der Waals surface area (Å²) in [5, 5.41) is 0. The molecule has 6 heteroatoms. The average molecular weight is 278 g/mol. The van der Waals surface area contributed by atoms with Gasteiger partial charge in [-0.15, -0.1) is 0 Å². The number of nitrogen functional groups attached to an aromatic ring is 1. The number of hydrogen-bond acceptors (Lipinski definition) is 5. The maximum absolute atomic E-state index is 12.5. The van der Waals surface area contributed by atoms with Crippen molar-refractivity contribution in [1.82, 2.24) is 4.90 Å². The van der Waals surface area contributed by atoms with Crippen LogP contribution in [0.4, 0.5) is 5.69 Å². The lowest BCUT2D eigenvalue weighted by Crippen LogP contribution is -2.30. The fourth-order valence-electron chi connectivity index (χ4n) is 2.43. The van der Waals surface area contributed by atoms with Gasteiger partial charge in [0, 0.05) is 13.1 Å². The van der Waals surface area contributed by atoms with Gasteiger partial charge in [0.2, 0.25) is 0 Å². The van der Waals surface area contributed by atoms with Crippen LogP contribution in [0.3, 0.4) is 0 Å². The first kappa shape index (κ1) is 14.2. The number of benzene rings is 1. The Balaban J connectivity index is 2.17. The van der Waals surface area contributed by atoms with Crippen LogP contribution in [0.1, 0.15) is 16.8 Å². The normalized spacial score (nSPS) is 17.9. The average Bonchev–Trinajstić information content (AvgIpc) is 2.95. The van der Waals surface area contributed by atoms with Crippen LogP contribution in [-0.2, 0) is 9.53 Å². The van der Waals surface area contributed by atoms with Crippen LogP contribution in [-0.4, -0.2) is 44.1 Å². The van der Waals surface area contributed by atoms with Crippen LogP contribution in [0.25, 0.3) is 0 Å². The Morgan fingerprint density at radius 1 is 1.35 bits per heavy atom. The summed E-state index contributed by atoms with van der Waals surface area (Å²) >= 11 is 0. The second kappa shape index (κ2) is 5.81. The minimum atomic E-state index is -0.278. The van der Waals surface area contributed by atoms with Crippen molar-refractivity contribution >= 4 is 17.6 Å². The zero-order valence-electron chi connectivity index (χ0n) is 11.6. The quantitative estimate of drug-likeness (QED) is 0.656. The first-order valence-corrected chi connectivity index (χ1v) is 6.38. The molecule has 2 rings (SSSR count). The molecule has 0 spiro atoms. The number of ether oxygens (including phenoxy) is 2. The molecule has 1 aromatic rings. The number of hydrogen-bond donors (Lipinski definition) is 1. The molecule has 20 heavy (non-hydrogen) atoms. The highest BCUT2D eigenvalue weighted by atomic mass is 16.5. The molecule has 1 aliphatic rings. The third kappa shape index (κ3) is 2.54. The SMILES string of the molecule is COC(=O)C1CCN(C(=O)c2cccc(N)c2OC)C1. The van der Waals surface area contributed by atoms with Gasteiger partial charge in [0.05, 0.1) is 31.4 Å². The number of nitrogens with two attached hydrogens (primary N) is 1. The summed E-state index contributed by atoms with van der Waals surface area (Å²) in [5.74, 6) is -0.338. The first-order chi connectivity index (χ1) is 9.58. The molecule has 6 nitrogen and oxygen atoms in total. The van der Waals surface area contributed by atoms with E-state index in [0.29, 0.717) is 36.5 Å². The minimum Gasteiger partial charge on any atom is -0.494 e. The van der Waals surface area contributed by atoms with Gasteiger partial charge in [0.1, 0.15) is 0 Å². The van der Waals surface area contributed by atoms with Gasteiger partial charge in [-0.2, -0.15) is 0 Å². The Hall–Kier alpha value is -2.24. The second-order valence-electron chi connectivity index (χ2n) is 4.69. The third-order valence-electron chi connectivity index (χ3n) is 3.49. The van der Waals surface area contributed by atoms with Gasteiger partial charge in [-0.05, 0) is 18.6 Å². The highest BCUT2D eigenvalue weighted by molar-refractivity contribution is 5.99. The number of nitrogens with zero attached hydrogens (tertiary/aromatic N) is 1. The van der Waals surface area contributed by atoms with E-state index in [2.05, 4.69) is 0 Å². The van der Waals surface area contributed by atoms with Gasteiger partial charge in [-0.1, -0.05) is 6.07 Å². The predicted octanol–water partition coefficient (Wildman–Crippen LogP) is 0.913. The molecule has 0 saturated carbocycles. The lowest BCUT2D eigenvalue weighted by Gasteiger charge is -2.18. The summed E-state index contributed by atoms with van der Waals surface area (Å²) < 4.78 is 9.90. The Labute approximate surface area is 117 Å². The van der Waals surface area contributed by atoms with Crippen molar-refractivity contribution in [2.45, 2.75) is 6.42 Å². The zero-order chi connectivity index (χ0) is 14.7. The molecule has 1 saturated heterocycles. The van der Waals surface area contributed by atoms with E-state index in [1.54, 1.807) is 23.1 Å². The summed E-state index contributed by atoms with van der Waals surface area (Å²) in [7, 11) is 2.83. The molecular formula is C14H18N2O4. The highest BCUT2D eigenvalue weighted by Gasteiger charge is 2.33. The number of para-hydroxylation sites is 1. The molecule has 1 unspecified atom stereocenters. The van der Waals surface area contributed by atoms with E-state index in [-0.39, 0.29) is 17.8 Å². The van der Waals surface area contributed by atoms with Crippen LogP contribution >= 0.6 is 0 Å². The van der Waals surface area contributed by atoms with Crippen molar-refractivity contribution in [3.8, 4) is 5.75 Å². The van der Waals surface area contributed by atoms with E-state index in [9.17, 15) is 9.59 Å². The maximum Gasteiger partial charge on any atom is 0.310 e. The largest absolute Gasteiger partial charge is 0.494 e. The van der Waals surface area contributed by atoms with Crippen molar-refractivity contribution in [2.24, 2.45) is 5.92 Å². The first-order valence-electron chi connectivity index (χ1n) is 6.38. The number of carbonyl (C=O) groups is 2. The van der Waals surface area contributed by atoms with E-state index >= 15 is 0 Å². The number of carbonyl (C=O) groups excluding carboxylic acids is 2. The number of rotatable bonds is 3. The van der Waals surface area contributed by atoms with Crippen molar-refractivity contribution in [3.05, 3.63) is 23.8 Å².